The van der Waals surface area contributed by atoms with Gasteiger partial charge in [-0.05, 0) is 47.8 Å². The lowest BCUT2D eigenvalue weighted by Gasteiger charge is -2.41. The van der Waals surface area contributed by atoms with Crippen molar-refractivity contribution in [3.63, 3.8) is 0 Å². The molecule has 0 radical (unpaired) electrons. The van der Waals surface area contributed by atoms with E-state index < -0.39 is 0 Å². The highest BCUT2D eigenvalue weighted by molar-refractivity contribution is 9.09. The molecular formula is C18H24BrNO. The summed E-state index contributed by atoms with van der Waals surface area (Å²) in [5.41, 5.74) is 4.05. The lowest BCUT2D eigenvalue weighted by molar-refractivity contribution is -0.116. The van der Waals surface area contributed by atoms with Crippen molar-refractivity contribution in [2.24, 2.45) is 11.3 Å². The first-order chi connectivity index (χ1) is 9.97. The number of hydrogen-bond acceptors (Lipinski definition) is 1. The van der Waals surface area contributed by atoms with Crippen LogP contribution in [0.3, 0.4) is 0 Å². The summed E-state index contributed by atoms with van der Waals surface area (Å²) in [5, 5.41) is 2.97. The van der Waals surface area contributed by atoms with E-state index >= 15 is 0 Å². The van der Waals surface area contributed by atoms with Crippen LogP contribution in [0.25, 0.3) is 0 Å². The second kappa shape index (κ2) is 5.75. The van der Waals surface area contributed by atoms with E-state index in [0.717, 1.165) is 12.1 Å². The van der Waals surface area contributed by atoms with E-state index in [0.29, 0.717) is 22.6 Å². The van der Waals surface area contributed by atoms with Crippen LogP contribution in [0.4, 0.5) is 5.69 Å². The van der Waals surface area contributed by atoms with Crippen molar-refractivity contribution in [1.82, 2.24) is 0 Å². The molecule has 0 bridgehead atoms. The fourth-order valence-electron chi connectivity index (χ4n) is 3.87. The van der Waals surface area contributed by atoms with Crippen molar-refractivity contribution in [1.29, 1.82) is 0 Å². The molecule has 1 aliphatic heterocycles. The van der Waals surface area contributed by atoms with Crippen LogP contribution in [0.2, 0.25) is 0 Å². The Balaban J connectivity index is 1.85. The molecule has 3 heteroatoms. The van der Waals surface area contributed by atoms with E-state index in [-0.39, 0.29) is 5.91 Å². The largest absolute Gasteiger partial charge is 0.326 e. The third-order valence-corrected chi connectivity index (χ3v) is 6.45. The number of amides is 1. The van der Waals surface area contributed by atoms with Crippen molar-refractivity contribution in [2.75, 3.05) is 5.32 Å². The number of aryl methyl sites for hydroxylation is 1. The molecule has 1 aromatic rings. The molecule has 1 N–H and O–H groups in total. The van der Waals surface area contributed by atoms with Crippen LogP contribution in [0.1, 0.15) is 61.9 Å². The van der Waals surface area contributed by atoms with Crippen LogP contribution >= 0.6 is 15.9 Å². The predicted molar refractivity (Wildman–Crippen MR) is 90.8 cm³/mol. The minimum atomic E-state index is 0.138. The molecule has 21 heavy (non-hydrogen) atoms. The van der Waals surface area contributed by atoms with Gasteiger partial charge in [0.05, 0.1) is 0 Å². The van der Waals surface area contributed by atoms with Crippen molar-refractivity contribution in [3.05, 3.63) is 29.3 Å². The molecule has 1 heterocycles. The number of carbonyl (C=O) groups is 1. The monoisotopic (exact) mass is 349 g/mol. The van der Waals surface area contributed by atoms with E-state index in [1.807, 2.05) is 0 Å². The summed E-state index contributed by atoms with van der Waals surface area (Å²) in [4.78, 5) is 11.9. The number of alkyl halides is 1. The van der Waals surface area contributed by atoms with Crippen LogP contribution in [-0.2, 0) is 11.2 Å². The predicted octanol–water partition coefficient (Wildman–Crippen LogP) is 5.22. The normalized spacial score (nSPS) is 25.9. The van der Waals surface area contributed by atoms with Gasteiger partial charge in [0.15, 0.2) is 0 Å². The first-order valence-electron chi connectivity index (χ1n) is 8.04. The van der Waals surface area contributed by atoms with Gasteiger partial charge in [-0.25, -0.2) is 0 Å². The number of carbonyl (C=O) groups excluding carboxylic acids is 1. The highest BCUT2D eigenvalue weighted by atomic mass is 79.9. The van der Waals surface area contributed by atoms with Crippen LogP contribution in [-0.4, -0.2) is 5.91 Å². The third-order valence-electron chi connectivity index (χ3n) is 5.29. The fraction of sp³-hybridized carbons (Fsp3) is 0.611. The Bertz CT molecular complexity index is 552. The van der Waals surface area contributed by atoms with Gasteiger partial charge in [0.25, 0.3) is 0 Å². The Morgan fingerprint density at radius 3 is 2.86 bits per heavy atom. The maximum absolute atomic E-state index is 11.5. The standard InChI is InChI=1S/C18H24BrNO/c1-18(2)10-4-3-5-14(18)17(19)13-6-8-15-12(11-13)7-9-16(21)20-15/h6,8,11,14,17H,3-5,7,9-10H2,1-2H3,(H,20,21). The van der Waals surface area contributed by atoms with E-state index in [1.54, 1.807) is 0 Å². The molecule has 2 nitrogen and oxygen atoms in total. The number of halogens is 1. The third kappa shape index (κ3) is 3.03. The van der Waals surface area contributed by atoms with E-state index in [2.05, 4.69) is 53.3 Å². The summed E-state index contributed by atoms with van der Waals surface area (Å²) in [6.07, 6.45) is 6.80. The molecule has 1 fully saturated rings. The minimum Gasteiger partial charge on any atom is -0.326 e. The summed E-state index contributed by atoms with van der Waals surface area (Å²) in [7, 11) is 0. The van der Waals surface area contributed by atoms with Crippen molar-refractivity contribution in [3.8, 4) is 0 Å². The van der Waals surface area contributed by atoms with Gasteiger partial charge in [-0.15, -0.1) is 0 Å². The number of hydrogen-bond donors (Lipinski definition) is 1. The van der Waals surface area contributed by atoms with E-state index in [1.165, 1.54) is 36.8 Å². The molecule has 2 aliphatic rings. The summed E-state index contributed by atoms with van der Waals surface area (Å²) >= 11 is 3.98. The SMILES string of the molecule is CC1(C)CCCCC1C(Br)c1ccc2c(c1)CCC(=O)N2. The Morgan fingerprint density at radius 2 is 2.10 bits per heavy atom. The molecule has 1 aromatic carbocycles. The molecule has 2 unspecified atom stereocenters. The molecule has 2 atom stereocenters. The molecule has 1 aliphatic carbocycles. The molecule has 0 aromatic heterocycles. The molecule has 1 amide bonds. The van der Waals surface area contributed by atoms with E-state index in [4.69, 9.17) is 0 Å². The number of rotatable bonds is 2. The second-order valence-corrected chi connectivity index (χ2v) is 8.19. The first kappa shape index (κ1) is 15.1. The summed E-state index contributed by atoms with van der Waals surface area (Å²) in [6, 6.07) is 6.54. The van der Waals surface area contributed by atoms with Crippen molar-refractivity contribution >= 4 is 27.5 Å². The van der Waals surface area contributed by atoms with Crippen LogP contribution in [0, 0.1) is 11.3 Å². The quantitative estimate of drug-likeness (QED) is 0.728. The highest BCUT2D eigenvalue weighted by Crippen LogP contribution is 2.50. The topological polar surface area (TPSA) is 29.1 Å². The molecule has 0 saturated heterocycles. The molecule has 3 rings (SSSR count). The average molecular weight is 350 g/mol. The van der Waals surface area contributed by atoms with Gasteiger partial charge in [-0.2, -0.15) is 0 Å². The number of anilines is 1. The number of nitrogens with one attached hydrogen (secondary N) is 1. The molecular weight excluding hydrogens is 326 g/mol. The Hall–Kier alpha value is -0.830. The summed E-state index contributed by atoms with van der Waals surface area (Å²) in [5.74, 6) is 0.821. The highest BCUT2D eigenvalue weighted by Gasteiger charge is 2.37. The van der Waals surface area contributed by atoms with Crippen molar-refractivity contribution in [2.45, 2.75) is 57.2 Å². The lowest BCUT2D eigenvalue weighted by atomic mass is 9.66. The maximum atomic E-state index is 11.5. The van der Waals surface area contributed by atoms with Gasteiger partial charge in [0, 0.05) is 16.9 Å². The van der Waals surface area contributed by atoms with Gasteiger partial charge in [0.1, 0.15) is 0 Å². The zero-order valence-electron chi connectivity index (χ0n) is 12.9. The second-order valence-electron chi connectivity index (χ2n) is 7.21. The Kier molecular flexibility index (Phi) is 4.13. The molecule has 114 valence electrons. The van der Waals surface area contributed by atoms with Gasteiger partial charge < -0.3 is 5.32 Å². The molecule has 1 saturated carbocycles. The van der Waals surface area contributed by atoms with Crippen molar-refractivity contribution < 1.29 is 4.79 Å². The fourth-order valence-corrected chi connectivity index (χ4v) is 5.14. The van der Waals surface area contributed by atoms with Crippen LogP contribution in [0.15, 0.2) is 18.2 Å². The van der Waals surface area contributed by atoms with Crippen LogP contribution < -0.4 is 5.32 Å². The Morgan fingerprint density at radius 1 is 1.29 bits per heavy atom. The summed E-state index contributed by atoms with van der Waals surface area (Å²) < 4.78 is 0. The lowest BCUT2D eigenvalue weighted by Crippen LogP contribution is -2.30. The zero-order valence-corrected chi connectivity index (χ0v) is 14.5. The average Bonchev–Trinajstić information content (AvgIpc) is 2.45. The molecule has 0 spiro atoms. The van der Waals surface area contributed by atoms with Gasteiger partial charge in [-0.3, -0.25) is 4.79 Å². The Labute approximate surface area is 135 Å². The maximum Gasteiger partial charge on any atom is 0.224 e. The van der Waals surface area contributed by atoms with Gasteiger partial charge in [0.2, 0.25) is 5.91 Å². The number of benzene rings is 1. The minimum absolute atomic E-state index is 0.138. The zero-order chi connectivity index (χ0) is 15.0. The number of fused-ring (bicyclic) bond motifs is 1. The summed E-state index contributed by atoms with van der Waals surface area (Å²) in [6.45, 7) is 4.81. The smallest absolute Gasteiger partial charge is 0.224 e. The first-order valence-corrected chi connectivity index (χ1v) is 8.96. The van der Waals surface area contributed by atoms with Gasteiger partial charge in [-0.1, -0.05) is 54.8 Å². The van der Waals surface area contributed by atoms with E-state index in [9.17, 15) is 4.79 Å². The van der Waals surface area contributed by atoms with Gasteiger partial charge >= 0.3 is 0 Å². The van der Waals surface area contributed by atoms with Crippen LogP contribution in [0.5, 0.6) is 0 Å².